The molecule has 0 aliphatic heterocycles. The van der Waals surface area contributed by atoms with Crippen LogP contribution in [-0.2, 0) is 0 Å². The summed E-state index contributed by atoms with van der Waals surface area (Å²) in [5, 5.41) is 2.45. The molecule has 100 valence electrons. The number of carbonyl (C=O) groups is 1. The summed E-state index contributed by atoms with van der Waals surface area (Å²) in [6.07, 6.45) is -5.20. The summed E-state index contributed by atoms with van der Waals surface area (Å²) < 4.78 is 37.0. The third kappa shape index (κ3) is 5.39. The molecule has 7 heteroatoms. The number of amides is 1. The van der Waals surface area contributed by atoms with Gasteiger partial charge in [-0.15, -0.1) is 0 Å². The van der Waals surface area contributed by atoms with Gasteiger partial charge in [-0.05, 0) is 40.5 Å². The summed E-state index contributed by atoms with van der Waals surface area (Å²) in [6, 6.07) is 5.04. The standard InChI is InChI=1S/C11H10Br2F3NO/c12-7-2-3-9(13)8(6-7)10(18)17-5-1-4-11(14,15)16/h2-3,6H,1,4-5H2,(H,17,18). The number of halogens is 5. The van der Waals surface area contributed by atoms with Gasteiger partial charge < -0.3 is 5.32 Å². The molecule has 0 radical (unpaired) electrons. The molecular formula is C11H10Br2F3NO. The molecule has 0 aromatic heterocycles. The molecule has 0 spiro atoms. The highest BCUT2D eigenvalue weighted by atomic mass is 79.9. The molecule has 1 rings (SSSR count). The van der Waals surface area contributed by atoms with Gasteiger partial charge in [0.1, 0.15) is 0 Å². The van der Waals surface area contributed by atoms with Gasteiger partial charge >= 0.3 is 6.18 Å². The molecule has 18 heavy (non-hydrogen) atoms. The Labute approximate surface area is 119 Å². The topological polar surface area (TPSA) is 29.1 Å². The first-order chi connectivity index (χ1) is 8.29. The second-order valence-corrected chi connectivity index (χ2v) is 5.37. The van der Waals surface area contributed by atoms with Gasteiger partial charge in [-0.25, -0.2) is 0 Å². The van der Waals surface area contributed by atoms with Gasteiger partial charge in [-0.2, -0.15) is 13.2 Å². The van der Waals surface area contributed by atoms with Gasteiger partial charge in [0.15, 0.2) is 0 Å². The zero-order chi connectivity index (χ0) is 13.8. The number of nitrogens with one attached hydrogen (secondary N) is 1. The first-order valence-corrected chi connectivity index (χ1v) is 6.68. The molecule has 1 N–H and O–H groups in total. The minimum absolute atomic E-state index is 0.00268. The van der Waals surface area contributed by atoms with E-state index in [0.717, 1.165) is 4.47 Å². The highest BCUT2D eigenvalue weighted by Crippen LogP contribution is 2.22. The Hall–Kier alpha value is -0.560. The van der Waals surface area contributed by atoms with Crippen LogP contribution in [0.3, 0.4) is 0 Å². The van der Waals surface area contributed by atoms with Gasteiger partial charge in [-0.1, -0.05) is 15.9 Å². The summed E-state index contributed by atoms with van der Waals surface area (Å²) in [5.41, 5.74) is 0.386. The van der Waals surface area contributed by atoms with Crippen molar-refractivity contribution in [3.05, 3.63) is 32.7 Å². The molecule has 0 aliphatic rings. The second kappa shape index (κ2) is 6.56. The second-order valence-electron chi connectivity index (χ2n) is 3.60. The van der Waals surface area contributed by atoms with Crippen molar-refractivity contribution in [2.75, 3.05) is 6.54 Å². The normalized spacial score (nSPS) is 11.4. The van der Waals surface area contributed by atoms with E-state index >= 15 is 0 Å². The number of rotatable bonds is 4. The highest BCUT2D eigenvalue weighted by Gasteiger charge is 2.26. The van der Waals surface area contributed by atoms with Crippen LogP contribution in [-0.4, -0.2) is 18.6 Å². The van der Waals surface area contributed by atoms with Crippen LogP contribution in [0.15, 0.2) is 27.1 Å². The maximum atomic E-state index is 11.9. The summed E-state index contributed by atoms with van der Waals surface area (Å²) in [7, 11) is 0. The molecule has 0 unspecified atom stereocenters. The Morgan fingerprint density at radius 2 is 1.94 bits per heavy atom. The van der Waals surface area contributed by atoms with E-state index in [-0.39, 0.29) is 13.0 Å². The van der Waals surface area contributed by atoms with Crippen LogP contribution in [0.4, 0.5) is 13.2 Å². The maximum absolute atomic E-state index is 11.9. The zero-order valence-electron chi connectivity index (χ0n) is 9.15. The first kappa shape index (κ1) is 15.5. The van der Waals surface area contributed by atoms with Crippen molar-refractivity contribution in [2.45, 2.75) is 19.0 Å². The molecule has 0 aliphatic carbocycles. The third-order valence-electron chi connectivity index (χ3n) is 2.10. The van der Waals surface area contributed by atoms with E-state index in [1.54, 1.807) is 18.2 Å². The molecule has 2 nitrogen and oxygen atoms in total. The van der Waals surface area contributed by atoms with Crippen LogP contribution < -0.4 is 5.32 Å². The van der Waals surface area contributed by atoms with E-state index in [4.69, 9.17) is 0 Å². The van der Waals surface area contributed by atoms with Gasteiger partial charge in [-0.3, -0.25) is 4.79 Å². The van der Waals surface area contributed by atoms with Crippen LogP contribution in [0, 0.1) is 0 Å². The summed E-state index contributed by atoms with van der Waals surface area (Å²) in [5.74, 6) is -0.398. The van der Waals surface area contributed by atoms with Crippen molar-refractivity contribution < 1.29 is 18.0 Å². The van der Waals surface area contributed by atoms with Crippen LogP contribution in [0.2, 0.25) is 0 Å². The monoisotopic (exact) mass is 387 g/mol. The highest BCUT2D eigenvalue weighted by molar-refractivity contribution is 9.11. The van der Waals surface area contributed by atoms with Crippen molar-refractivity contribution in [1.82, 2.24) is 5.32 Å². The molecular weight excluding hydrogens is 379 g/mol. The van der Waals surface area contributed by atoms with E-state index in [1.165, 1.54) is 0 Å². The molecule has 0 heterocycles. The Balaban J connectivity index is 2.48. The van der Waals surface area contributed by atoms with Gasteiger partial charge in [0, 0.05) is 21.9 Å². The Kier molecular flexibility index (Phi) is 5.65. The number of hydrogen-bond acceptors (Lipinski definition) is 1. The van der Waals surface area contributed by atoms with Crippen molar-refractivity contribution in [3.8, 4) is 0 Å². The van der Waals surface area contributed by atoms with Crippen molar-refractivity contribution in [2.24, 2.45) is 0 Å². The molecule has 0 saturated carbocycles. The molecule has 1 aromatic rings. The fraction of sp³-hybridized carbons (Fsp3) is 0.364. The smallest absolute Gasteiger partial charge is 0.352 e. The SMILES string of the molecule is O=C(NCCCC(F)(F)F)c1cc(Br)ccc1Br. The van der Waals surface area contributed by atoms with E-state index in [9.17, 15) is 18.0 Å². The van der Waals surface area contributed by atoms with Crippen molar-refractivity contribution in [1.29, 1.82) is 0 Å². The van der Waals surface area contributed by atoms with Crippen molar-refractivity contribution >= 4 is 37.8 Å². The predicted molar refractivity (Wildman–Crippen MR) is 69.5 cm³/mol. The number of carbonyl (C=O) groups excluding carboxylic acids is 1. The minimum Gasteiger partial charge on any atom is -0.352 e. The molecule has 0 atom stereocenters. The fourth-order valence-corrected chi connectivity index (χ4v) is 2.05. The summed E-state index contributed by atoms with van der Waals surface area (Å²) in [6.45, 7) is -0.00268. The zero-order valence-corrected chi connectivity index (χ0v) is 12.3. The number of hydrogen-bond donors (Lipinski definition) is 1. The maximum Gasteiger partial charge on any atom is 0.389 e. The quantitative estimate of drug-likeness (QED) is 0.766. The van der Waals surface area contributed by atoms with Gasteiger partial charge in [0.2, 0.25) is 0 Å². The minimum atomic E-state index is -4.18. The first-order valence-electron chi connectivity index (χ1n) is 5.09. The van der Waals surface area contributed by atoms with Gasteiger partial charge in [0.05, 0.1) is 5.56 Å². The Bertz CT molecular complexity index is 435. The van der Waals surface area contributed by atoms with Gasteiger partial charge in [0.25, 0.3) is 5.91 Å². The molecule has 1 aromatic carbocycles. The average molecular weight is 389 g/mol. The van der Waals surface area contributed by atoms with Crippen LogP contribution in [0.25, 0.3) is 0 Å². The molecule has 0 bridgehead atoms. The van der Waals surface area contributed by atoms with Crippen LogP contribution in [0.1, 0.15) is 23.2 Å². The fourth-order valence-electron chi connectivity index (χ4n) is 1.26. The molecule has 0 fully saturated rings. The predicted octanol–water partition coefficient (Wildman–Crippen LogP) is 4.28. The molecule has 0 saturated heterocycles. The van der Waals surface area contributed by atoms with E-state index < -0.39 is 18.5 Å². The van der Waals surface area contributed by atoms with E-state index in [2.05, 4.69) is 37.2 Å². The number of alkyl halides is 3. The van der Waals surface area contributed by atoms with Crippen molar-refractivity contribution in [3.63, 3.8) is 0 Å². The summed E-state index contributed by atoms with van der Waals surface area (Å²) in [4.78, 5) is 11.7. The largest absolute Gasteiger partial charge is 0.389 e. The Morgan fingerprint density at radius 3 is 2.56 bits per heavy atom. The summed E-state index contributed by atoms with van der Waals surface area (Å²) >= 11 is 6.43. The lowest BCUT2D eigenvalue weighted by Gasteiger charge is -2.08. The Morgan fingerprint density at radius 1 is 1.28 bits per heavy atom. The average Bonchev–Trinajstić information content (AvgIpc) is 2.26. The lowest BCUT2D eigenvalue weighted by molar-refractivity contribution is -0.135. The van der Waals surface area contributed by atoms with Crippen LogP contribution >= 0.6 is 31.9 Å². The van der Waals surface area contributed by atoms with E-state index in [0.29, 0.717) is 10.0 Å². The van der Waals surface area contributed by atoms with Crippen LogP contribution in [0.5, 0.6) is 0 Å². The van der Waals surface area contributed by atoms with E-state index in [1.807, 2.05) is 0 Å². The number of benzene rings is 1. The molecule has 1 amide bonds. The lowest BCUT2D eigenvalue weighted by Crippen LogP contribution is -2.25. The third-order valence-corrected chi connectivity index (χ3v) is 3.28. The lowest BCUT2D eigenvalue weighted by atomic mass is 10.2.